The van der Waals surface area contributed by atoms with Crippen LogP contribution in [0.5, 0.6) is 5.75 Å². The van der Waals surface area contributed by atoms with Gasteiger partial charge in [0.15, 0.2) is 0 Å². The Bertz CT molecular complexity index is 913. The average Bonchev–Trinajstić information content (AvgIpc) is 2.65. The lowest BCUT2D eigenvalue weighted by atomic mass is 9.96. The number of fused-ring (bicyclic) bond motifs is 1. The van der Waals surface area contributed by atoms with Gasteiger partial charge in [0.25, 0.3) is 0 Å². The first-order chi connectivity index (χ1) is 12.4. The van der Waals surface area contributed by atoms with E-state index in [1.54, 1.807) is 18.2 Å². The summed E-state index contributed by atoms with van der Waals surface area (Å²) in [6.07, 6.45) is 0.571. The smallest absolute Gasteiger partial charge is 0.240 e. The van der Waals surface area contributed by atoms with Crippen molar-refractivity contribution < 1.29 is 17.9 Å². The Balaban J connectivity index is 1.59. The molecule has 1 unspecified atom stereocenters. The third-order valence-corrected chi connectivity index (χ3v) is 5.93. The standard InChI is InChI=1S/C18H19ClN2O4S/c1-20-26(23,24)16-5-2-12(3-6-16)10-21-18(22)14-8-13-9-15(19)4-7-17(13)25-11-14/h2-7,9,14,20H,8,10-11H2,1H3,(H,21,22). The van der Waals surface area contributed by atoms with Gasteiger partial charge >= 0.3 is 0 Å². The van der Waals surface area contributed by atoms with Crippen LogP contribution in [-0.2, 0) is 27.8 Å². The average molecular weight is 395 g/mol. The van der Waals surface area contributed by atoms with Crippen LogP contribution >= 0.6 is 11.6 Å². The van der Waals surface area contributed by atoms with Crippen LogP contribution in [0.3, 0.4) is 0 Å². The van der Waals surface area contributed by atoms with E-state index in [9.17, 15) is 13.2 Å². The van der Waals surface area contributed by atoms with Gasteiger partial charge in [0, 0.05) is 11.6 Å². The van der Waals surface area contributed by atoms with Crippen molar-refractivity contribution in [2.75, 3.05) is 13.7 Å². The Morgan fingerprint density at radius 3 is 2.65 bits per heavy atom. The van der Waals surface area contributed by atoms with Crippen LogP contribution in [0.4, 0.5) is 0 Å². The van der Waals surface area contributed by atoms with E-state index in [-0.39, 0.29) is 16.7 Å². The number of carbonyl (C=O) groups is 1. The van der Waals surface area contributed by atoms with Gasteiger partial charge in [-0.05, 0) is 54.9 Å². The highest BCUT2D eigenvalue weighted by Crippen LogP contribution is 2.29. The summed E-state index contributed by atoms with van der Waals surface area (Å²) in [7, 11) is -2.10. The number of sulfonamides is 1. The molecule has 6 nitrogen and oxygen atoms in total. The lowest BCUT2D eigenvalue weighted by molar-refractivity contribution is -0.126. The van der Waals surface area contributed by atoms with Crippen LogP contribution in [-0.4, -0.2) is 28.0 Å². The fourth-order valence-corrected chi connectivity index (χ4v) is 3.69. The molecule has 2 aromatic carbocycles. The van der Waals surface area contributed by atoms with E-state index in [0.717, 1.165) is 16.9 Å². The number of hydrogen-bond donors (Lipinski definition) is 2. The first-order valence-corrected chi connectivity index (χ1v) is 9.96. The highest BCUT2D eigenvalue weighted by atomic mass is 35.5. The van der Waals surface area contributed by atoms with Crippen LogP contribution < -0.4 is 14.8 Å². The minimum Gasteiger partial charge on any atom is -0.492 e. The molecule has 0 saturated heterocycles. The van der Waals surface area contributed by atoms with Crippen molar-refractivity contribution in [1.29, 1.82) is 0 Å². The number of amides is 1. The Hall–Kier alpha value is -2.09. The second kappa shape index (κ2) is 7.65. The molecule has 1 heterocycles. The zero-order valence-corrected chi connectivity index (χ0v) is 15.7. The molecule has 138 valence electrons. The number of halogens is 1. The molecule has 26 heavy (non-hydrogen) atoms. The van der Waals surface area contributed by atoms with Crippen molar-refractivity contribution in [3.8, 4) is 5.75 Å². The van der Waals surface area contributed by atoms with Crippen LogP contribution in [0, 0.1) is 5.92 Å². The Labute approximate surface area is 157 Å². The number of carbonyl (C=O) groups excluding carboxylic acids is 1. The maximum absolute atomic E-state index is 12.4. The fraction of sp³-hybridized carbons (Fsp3) is 0.278. The normalized spacial score (nSPS) is 16.5. The predicted molar refractivity (Wildman–Crippen MR) is 98.7 cm³/mol. The fourth-order valence-electron chi connectivity index (χ4n) is 2.77. The van der Waals surface area contributed by atoms with Gasteiger partial charge in [-0.2, -0.15) is 0 Å². The minimum absolute atomic E-state index is 0.109. The molecule has 3 rings (SSSR count). The number of rotatable bonds is 5. The molecule has 2 aromatic rings. The van der Waals surface area contributed by atoms with Gasteiger partial charge in [-0.15, -0.1) is 0 Å². The minimum atomic E-state index is -3.46. The maximum Gasteiger partial charge on any atom is 0.240 e. The summed E-state index contributed by atoms with van der Waals surface area (Å²) in [5, 5.41) is 3.49. The van der Waals surface area contributed by atoms with Crippen molar-refractivity contribution in [3.63, 3.8) is 0 Å². The van der Waals surface area contributed by atoms with E-state index in [1.165, 1.54) is 19.2 Å². The van der Waals surface area contributed by atoms with E-state index < -0.39 is 10.0 Å². The molecule has 1 amide bonds. The van der Waals surface area contributed by atoms with Gasteiger partial charge in [-0.3, -0.25) is 4.79 Å². The number of nitrogens with one attached hydrogen (secondary N) is 2. The molecule has 0 fully saturated rings. The topological polar surface area (TPSA) is 84.5 Å². The van der Waals surface area contributed by atoms with Crippen molar-refractivity contribution >= 4 is 27.5 Å². The summed E-state index contributed by atoms with van der Waals surface area (Å²) in [5.74, 6) is 0.368. The third-order valence-electron chi connectivity index (χ3n) is 4.27. The van der Waals surface area contributed by atoms with E-state index in [1.807, 2.05) is 12.1 Å². The first kappa shape index (κ1) is 18.7. The Morgan fingerprint density at radius 2 is 1.96 bits per heavy atom. The summed E-state index contributed by atoms with van der Waals surface area (Å²) in [4.78, 5) is 12.6. The highest BCUT2D eigenvalue weighted by Gasteiger charge is 2.26. The molecule has 8 heteroatoms. The van der Waals surface area contributed by atoms with Gasteiger partial charge in [-0.25, -0.2) is 13.1 Å². The van der Waals surface area contributed by atoms with Crippen molar-refractivity contribution in [1.82, 2.24) is 10.0 Å². The van der Waals surface area contributed by atoms with Crippen LogP contribution in [0.1, 0.15) is 11.1 Å². The zero-order chi connectivity index (χ0) is 18.7. The molecule has 0 radical (unpaired) electrons. The molecule has 0 aromatic heterocycles. The molecule has 1 aliphatic rings. The zero-order valence-electron chi connectivity index (χ0n) is 14.2. The lowest BCUT2D eigenvalue weighted by Gasteiger charge is -2.24. The SMILES string of the molecule is CNS(=O)(=O)c1ccc(CNC(=O)C2COc3ccc(Cl)cc3C2)cc1. The van der Waals surface area contributed by atoms with Crippen molar-refractivity contribution in [2.24, 2.45) is 5.92 Å². The van der Waals surface area contributed by atoms with Crippen LogP contribution in [0.15, 0.2) is 47.4 Å². The van der Waals surface area contributed by atoms with Crippen molar-refractivity contribution in [2.45, 2.75) is 17.9 Å². The molecular weight excluding hydrogens is 376 g/mol. The van der Waals surface area contributed by atoms with E-state index in [2.05, 4.69) is 10.0 Å². The molecule has 0 spiro atoms. The van der Waals surface area contributed by atoms with E-state index >= 15 is 0 Å². The number of benzene rings is 2. The molecule has 0 aliphatic carbocycles. The third kappa shape index (κ3) is 4.17. The molecular formula is C18H19ClN2O4S. The van der Waals surface area contributed by atoms with Gasteiger partial charge < -0.3 is 10.1 Å². The summed E-state index contributed by atoms with van der Waals surface area (Å²) >= 11 is 6.00. The summed E-state index contributed by atoms with van der Waals surface area (Å²) in [5.41, 5.74) is 1.74. The lowest BCUT2D eigenvalue weighted by Crippen LogP contribution is -2.37. The van der Waals surface area contributed by atoms with E-state index in [0.29, 0.717) is 24.6 Å². The summed E-state index contributed by atoms with van der Waals surface area (Å²) in [6, 6.07) is 11.8. The largest absolute Gasteiger partial charge is 0.492 e. The summed E-state index contributed by atoms with van der Waals surface area (Å²) < 4.78 is 31.3. The predicted octanol–water partition coefficient (Wildman–Crippen LogP) is 2.12. The number of ether oxygens (including phenoxy) is 1. The molecule has 0 bridgehead atoms. The molecule has 2 N–H and O–H groups in total. The Kier molecular flexibility index (Phi) is 5.50. The molecule has 1 atom stereocenters. The van der Waals surface area contributed by atoms with Gasteiger partial charge in [0.1, 0.15) is 12.4 Å². The quantitative estimate of drug-likeness (QED) is 0.813. The first-order valence-electron chi connectivity index (χ1n) is 8.10. The Morgan fingerprint density at radius 1 is 1.23 bits per heavy atom. The summed E-state index contributed by atoms with van der Waals surface area (Å²) in [6.45, 7) is 0.636. The van der Waals surface area contributed by atoms with Gasteiger partial charge in [-0.1, -0.05) is 23.7 Å². The van der Waals surface area contributed by atoms with Crippen LogP contribution in [0.2, 0.25) is 5.02 Å². The maximum atomic E-state index is 12.4. The monoisotopic (exact) mass is 394 g/mol. The van der Waals surface area contributed by atoms with Gasteiger partial charge in [0.05, 0.1) is 10.8 Å². The van der Waals surface area contributed by atoms with Crippen LogP contribution in [0.25, 0.3) is 0 Å². The highest BCUT2D eigenvalue weighted by molar-refractivity contribution is 7.89. The van der Waals surface area contributed by atoms with E-state index in [4.69, 9.17) is 16.3 Å². The number of hydrogen-bond acceptors (Lipinski definition) is 4. The second-order valence-corrected chi connectivity index (χ2v) is 8.36. The molecule has 0 saturated carbocycles. The molecule has 1 aliphatic heterocycles. The second-order valence-electron chi connectivity index (χ2n) is 6.03. The van der Waals surface area contributed by atoms with Gasteiger partial charge in [0.2, 0.25) is 15.9 Å². The van der Waals surface area contributed by atoms with Crippen molar-refractivity contribution in [3.05, 3.63) is 58.6 Å².